The Kier molecular flexibility index (Phi) is 5.03. The number of aromatic nitrogens is 2. The first-order chi connectivity index (χ1) is 19.3. The molecule has 0 aliphatic heterocycles. The van der Waals surface area contributed by atoms with Crippen LogP contribution in [0.15, 0.2) is 127 Å². The van der Waals surface area contributed by atoms with Gasteiger partial charge < -0.3 is 0 Å². The monoisotopic (exact) mass is 500 g/mol. The van der Waals surface area contributed by atoms with E-state index in [1.165, 1.54) is 33.4 Å². The molecule has 2 bridgehead atoms. The number of hydrogen-bond acceptors (Lipinski definition) is 2. The molecular formula is C37H28N2. The maximum Gasteiger partial charge on any atom is 0.160 e. The van der Waals surface area contributed by atoms with Gasteiger partial charge in [-0.3, -0.25) is 0 Å². The Bertz CT molecular complexity index is 1730. The zero-order valence-electron chi connectivity index (χ0n) is 21.7. The van der Waals surface area contributed by atoms with Gasteiger partial charge in [0.2, 0.25) is 0 Å². The lowest BCUT2D eigenvalue weighted by Crippen LogP contribution is -2.27. The van der Waals surface area contributed by atoms with Gasteiger partial charge in [0, 0.05) is 17.0 Å². The molecule has 8 rings (SSSR count). The summed E-state index contributed by atoms with van der Waals surface area (Å²) >= 11 is 0. The summed E-state index contributed by atoms with van der Waals surface area (Å²) in [7, 11) is 0. The SMILES string of the molecule is C1=CC(c2ccc(-c3nc(-c4ccccc4)cc(C45CC(c6ccccc64)c4ccccc45)n3)cc2)=CCC1. The van der Waals surface area contributed by atoms with E-state index in [0.717, 1.165) is 47.6 Å². The predicted molar refractivity (Wildman–Crippen MR) is 158 cm³/mol. The van der Waals surface area contributed by atoms with Crippen molar-refractivity contribution < 1.29 is 0 Å². The van der Waals surface area contributed by atoms with Gasteiger partial charge in [0.15, 0.2) is 5.82 Å². The molecular weight excluding hydrogens is 472 g/mol. The first kappa shape index (κ1) is 22.4. The highest BCUT2D eigenvalue weighted by atomic mass is 14.9. The summed E-state index contributed by atoms with van der Waals surface area (Å²) in [6.07, 6.45) is 10.1. The summed E-state index contributed by atoms with van der Waals surface area (Å²) in [6, 6.07) is 39.5. The molecule has 0 unspecified atom stereocenters. The van der Waals surface area contributed by atoms with Gasteiger partial charge in [0.1, 0.15) is 0 Å². The van der Waals surface area contributed by atoms with Crippen LogP contribution in [0.2, 0.25) is 0 Å². The molecule has 0 N–H and O–H groups in total. The third-order valence-electron chi connectivity index (χ3n) is 8.81. The van der Waals surface area contributed by atoms with E-state index in [4.69, 9.17) is 9.97 Å². The molecule has 5 aromatic rings. The van der Waals surface area contributed by atoms with Crippen molar-refractivity contribution >= 4 is 5.57 Å². The molecule has 0 radical (unpaired) electrons. The first-order valence-corrected chi connectivity index (χ1v) is 13.9. The molecule has 0 saturated heterocycles. The lowest BCUT2D eigenvalue weighted by Gasteiger charge is -2.31. The number of allylic oxidation sites excluding steroid dienone is 4. The first-order valence-electron chi connectivity index (χ1n) is 13.9. The van der Waals surface area contributed by atoms with E-state index in [0.29, 0.717) is 5.92 Å². The van der Waals surface area contributed by atoms with Crippen LogP contribution >= 0.6 is 0 Å². The minimum Gasteiger partial charge on any atom is -0.232 e. The zero-order chi connectivity index (χ0) is 25.8. The standard InChI is InChI=1S/C37H28N2/c1-3-11-25(12-4-1)26-19-21-28(22-20-26)36-38-34(27-13-5-2-6-14-27)23-35(39-36)37-24-31(29-15-7-9-17-32(29)37)30-16-8-10-18-33(30)37/h2-3,5-23,31H,1,4,24H2. The molecule has 3 aliphatic carbocycles. The summed E-state index contributed by atoms with van der Waals surface area (Å²) in [6.45, 7) is 0. The average molecular weight is 501 g/mol. The van der Waals surface area contributed by atoms with Crippen LogP contribution in [0, 0.1) is 0 Å². The molecule has 4 aromatic carbocycles. The summed E-state index contributed by atoms with van der Waals surface area (Å²) in [5, 5.41) is 0. The fourth-order valence-electron chi connectivity index (χ4n) is 7.01. The highest BCUT2D eigenvalue weighted by Crippen LogP contribution is 2.62. The van der Waals surface area contributed by atoms with Crippen LogP contribution in [0.5, 0.6) is 0 Å². The molecule has 39 heavy (non-hydrogen) atoms. The van der Waals surface area contributed by atoms with Gasteiger partial charge in [-0.1, -0.05) is 121 Å². The number of nitrogens with zero attached hydrogens (tertiary/aromatic N) is 2. The van der Waals surface area contributed by atoms with Crippen molar-refractivity contribution in [2.24, 2.45) is 0 Å². The van der Waals surface area contributed by atoms with E-state index in [9.17, 15) is 0 Å². The van der Waals surface area contributed by atoms with Crippen molar-refractivity contribution in [1.29, 1.82) is 0 Å². The lowest BCUT2D eigenvalue weighted by atomic mass is 9.72. The summed E-state index contributed by atoms with van der Waals surface area (Å²) in [4.78, 5) is 10.5. The van der Waals surface area contributed by atoms with Gasteiger partial charge in [0.05, 0.1) is 16.8 Å². The minimum atomic E-state index is -0.267. The Labute approximate surface area is 229 Å². The van der Waals surface area contributed by atoms with Crippen molar-refractivity contribution in [3.8, 4) is 22.6 Å². The Balaban J connectivity index is 1.33. The van der Waals surface area contributed by atoms with Crippen LogP contribution in [0.3, 0.4) is 0 Å². The second kappa shape index (κ2) is 8.74. The molecule has 0 fully saturated rings. The van der Waals surface area contributed by atoms with Crippen LogP contribution in [0.4, 0.5) is 0 Å². The van der Waals surface area contributed by atoms with Crippen molar-refractivity contribution in [1.82, 2.24) is 9.97 Å². The van der Waals surface area contributed by atoms with Gasteiger partial charge in [-0.2, -0.15) is 0 Å². The molecule has 1 heterocycles. The maximum absolute atomic E-state index is 5.38. The van der Waals surface area contributed by atoms with Crippen LogP contribution < -0.4 is 0 Å². The fourth-order valence-corrected chi connectivity index (χ4v) is 7.01. The lowest BCUT2D eigenvalue weighted by molar-refractivity contribution is 0.612. The van der Waals surface area contributed by atoms with Crippen LogP contribution in [0.25, 0.3) is 28.2 Å². The summed E-state index contributed by atoms with van der Waals surface area (Å²) in [5.41, 5.74) is 12.2. The van der Waals surface area contributed by atoms with Gasteiger partial charge in [-0.05, 0) is 58.7 Å². The molecule has 2 nitrogen and oxygen atoms in total. The summed E-state index contributed by atoms with van der Waals surface area (Å²) < 4.78 is 0. The van der Waals surface area contributed by atoms with Crippen LogP contribution in [-0.2, 0) is 5.41 Å². The summed E-state index contributed by atoms with van der Waals surface area (Å²) in [5.74, 6) is 1.19. The van der Waals surface area contributed by atoms with E-state index >= 15 is 0 Å². The molecule has 0 amide bonds. The number of benzene rings is 4. The highest BCUT2D eigenvalue weighted by Gasteiger charge is 2.54. The average Bonchev–Trinajstić information content (AvgIpc) is 3.56. The van der Waals surface area contributed by atoms with Crippen LogP contribution in [-0.4, -0.2) is 9.97 Å². The molecule has 3 aliphatic rings. The van der Waals surface area contributed by atoms with Crippen molar-refractivity contribution in [2.45, 2.75) is 30.6 Å². The Morgan fingerprint density at radius 1 is 0.615 bits per heavy atom. The third-order valence-corrected chi connectivity index (χ3v) is 8.81. The fraction of sp³-hybridized carbons (Fsp3) is 0.135. The van der Waals surface area contributed by atoms with E-state index < -0.39 is 0 Å². The quantitative estimate of drug-likeness (QED) is 0.247. The predicted octanol–water partition coefficient (Wildman–Crippen LogP) is 8.73. The van der Waals surface area contributed by atoms with Gasteiger partial charge >= 0.3 is 0 Å². The van der Waals surface area contributed by atoms with E-state index in [2.05, 4.69) is 127 Å². The molecule has 0 atom stereocenters. The van der Waals surface area contributed by atoms with Gasteiger partial charge in [-0.25, -0.2) is 9.97 Å². The molecule has 0 spiro atoms. The minimum absolute atomic E-state index is 0.267. The maximum atomic E-state index is 5.38. The van der Waals surface area contributed by atoms with E-state index in [1.54, 1.807) is 0 Å². The normalized spacial score (nSPS) is 20.4. The second-order valence-corrected chi connectivity index (χ2v) is 10.9. The van der Waals surface area contributed by atoms with Crippen molar-refractivity contribution in [3.63, 3.8) is 0 Å². The zero-order valence-corrected chi connectivity index (χ0v) is 21.7. The molecule has 186 valence electrons. The Morgan fingerprint density at radius 2 is 1.28 bits per heavy atom. The molecule has 0 saturated carbocycles. The van der Waals surface area contributed by atoms with Gasteiger partial charge in [-0.15, -0.1) is 0 Å². The molecule has 1 aromatic heterocycles. The Morgan fingerprint density at radius 3 is 1.97 bits per heavy atom. The van der Waals surface area contributed by atoms with Crippen molar-refractivity contribution in [2.75, 3.05) is 0 Å². The van der Waals surface area contributed by atoms with E-state index in [-0.39, 0.29) is 5.41 Å². The largest absolute Gasteiger partial charge is 0.232 e. The van der Waals surface area contributed by atoms with Gasteiger partial charge in [0.25, 0.3) is 0 Å². The highest BCUT2D eigenvalue weighted by molar-refractivity contribution is 5.77. The number of fused-ring (bicyclic) bond motifs is 8. The number of hydrogen-bond donors (Lipinski definition) is 0. The number of rotatable bonds is 4. The molecule has 2 heteroatoms. The van der Waals surface area contributed by atoms with Crippen LogP contribution in [0.1, 0.15) is 58.7 Å². The topological polar surface area (TPSA) is 25.8 Å². The third kappa shape index (κ3) is 3.41. The van der Waals surface area contributed by atoms with Crippen molar-refractivity contribution in [3.05, 3.63) is 161 Å². The van der Waals surface area contributed by atoms with E-state index in [1.807, 2.05) is 0 Å². The Hall–Kier alpha value is -4.56. The smallest absolute Gasteiger partial charge is 0.160 e. The second-order valence-electron chi connectivity index (χ2n) is 10.9.